The lowest BCUT2D eigenvalue weighted by atomic mass is 9.80. The molecule has 10 heteroatoms. The molecule has 3 heterocycles. The van der Waals surface area contributed by atoms with Gasteiger partial charge in [-0.05, 0) is 46.9 Å². The van der Waals surface area contributed by atoms with E-state index in [0.29, 0.717) is 16.9 Å². The van der Waals surface area contributed by atoms with Gasteiger partial charge in [-0.25, -0.2) is 18.1 Å². The van der Waals surface area contributed by atoms with E-state index in [4.69, 9.17) is 14.0 Å². The van der Waals surface area contributed by atoms with Gasteiger partial charge in [0.1, 0.15) is 4.90 Å². The van der Waals surface area contributed by atoms with E-state index in [1.165, 1.54) is 26.4 Å². The first-order chi connectivity index (χ1) is 13.0. The van der Waals surface area contributed by atoms with E-state index >= 15 is 0 Å². The summed E-state index contributed by atoms with van der Waals surface area (Å²) in [6.45, 7) is 7.73. The van der Waals surface area contributed by atoms with Crippen LogP contribution in [0.1, 0.15) is 27.7 Å². The van der Waals surface area contributed by atoms with E-state index in [1.54, 1.807) is 18.3 Å². The molecule has 0 bridgehead atoms. The van der Waals surface area contributed by atoms with Crippen LogP contribution in [0.5, 0.6) is 5.88 Å². The van der Waals surface area contributed by atoms with Crippen molar-refractivity contribution in [2.75, 3.05) is 14.2 Å². The molecule has 1 fully saturated rings. The van der Waals surface area contributed by atoms with E-state index in [-0.39, 0.29) is 10.6 Å². The number of hydrogen-bond acceptors (Lipinski definition) is 7. The predicted octanol–water partition coefficient (Wildman–Crippen LogP) is 1.36. The predicted molar refractivity (Wildman–Crippen MR) is 106 cm³/mol. The SMILES string of the molecule is CNS(=O)(=O)c1cc(B2OC(C)(C)C(C)(C)O2)cnc1-c1ccc(OC)nc1. The van der Waals surface area contributed by atoms with Crippen LogP contribution in [-0.4, -0.2) is 50.9 Å². The summed E-state index contributed by atoms with van der Waals surface area (Å²) in [7, 11) is -1.64. The summed E-state index contributed by atoms with van der Waals surface area (Å²) < 4.78 is 44.8. The van der Waals surface area contributed by atoms with Gasteiger partial charge >= 0.3 is 7.12 Å². The number of ether oxygens (including phenoxy) is 1. The van der Waals surface area contributed by atoms with Gasteiger partial charge in [-0.1, -0.05) is 0 Å². The smallest absolute Gasteiger partial charge is 0.481 e. The maximum absolute atomic E-state index is 12.7. The van der Waals surface area contributed by atoms with Gasteiger partial charge in [-0.3, -0.25) is 4.98 Å². The molecule has 0 amide bonds. The van der Waals surface area contributed by atoms with E-state index in [0.717, 1.165) is 0 Å². The molecule has 0 aromatic carbocycles. The summed E-state index contributed by atoms with van der Waals surface area (Å²) in [5, 5.41) is 0. The molecule has 1 aliphatic heterocycles. The van der Waals surface area contributed by atoms with E-state index < -0.39 is 28.3 Å². The highest BCUT2D eigenvalue weighted by Gasteiger charge is 2.52. The molecule has 0 radical (unpaired) electrons. The molecule has 8 nitrogen and oxygen atoms in total. The summed E-state index contributed by atoms with van der Waals surface area (Å²) >= 11 is 0. The molecule has 0 unspecified atom stereocenters. The Labute approximate surface area is 165 Å². The topological polar surface area (TPSA) is 99.6 Å². The number of methoxy groups -OCH3 is 1. The first-order valence-corrected chi connectivity index (χ1v) is 10.3. The third kappa shape index (κ3) is 3.65. The lowest BCUT2D eigenvalue weighted by molar-refractivity contribution is 0.00578. The van der Waals surface area contributed by atoms with Crippen LogP contribution in [0.4, 0.5) is 0 Å². The van der Waals surface area contributed by atoms with Crippen molar-refractivity contribution in [3.05, 3.63) is 30.6 Å². The maximum Gasteiger partial charge on any atom is 0.496 e. The van der Waals surface area contributed by atoms with Crippen LogP contribution in [0.3, 0.4) is 0 Å². The van der Waals surface area contributed by atoms with E-state index in [1.807, 2.05) is 27.7 Å². The van der Waals surface area contributed by atoms with Gasteiger partial charge in [0.05, 0.1) is 24.0 Å². The minimum Gasteiger partial charge on any atom is -0.481 e. The number of pyridine rings is 2. The average molecular weight is 405 g/mol. The largest absolute Gasteiger partial charge is 0.496 e. The number of aromatic nitrogens is 2. The molecular formula is C18H24BN3O5S. The molecular weight excluding hydrogens is 381 g/mol. The standard InChI is InChI=1S/C18H24BN3O5S/c1-17(2)18(3,4)27-19(26-17)13-9-14(28(23,24)20-5)16(22-11-13)12-7-8-15(25-6)21-10-12/h7-11,20H,1-6H3. The second-order valence-corrected chi connectivity index (χ2v) is 9.36. The van der Waals surface area contributed by atoms with Crippen LogP contribution >= 0.6 is 0 Å². The van der Waals surface area contributed by atoms with Crippen molar-refractivity contribution in [1.82, 2.24) is 14.7 Å². The van der Waals surface area contributed by atoms with Crippen molar-refractivity contribution in [1.29, 1.82) is 0 Å². The highest BCUT2D eigenvalue weighted by molar-refractivity contribution is 7.89. The number of nitrogens with one attached hydrogen (secondary N) is 1. The van der Waals surface area contributed by atoms with Gasteiger partial charge in [0.25, 0.3) is 0 Å². The summed E-state index contributed by atoms with van der Waals surface area (Å²) in [5.74, 6) is 0.426. The van der Waals surface area contributed by atoms with Crippen molar-refractivity contribution in [3.8, 4) is 17.1 Å². The molecule has 0 spiro atoms. The first kappa shape index (κ1) is 20.7. The number of rotatable bonds is 5. The van der Waals surface area contributed by atoms with Crippen LogP contribution in [0.15, 0.2) is 35.5 Å². The molecule has 0 atom stereocenters. The van der Waals surface area contributed by atoms with Crippen molar-refractivity contribution < 1.29 is 22.5 Å². The lowest BCUT2D eigenvalue weighted by Crippen LogP contribution is -2.41. The van der Waals surface area contributed by atoms with Crippen LogP contribution in [0.2, 0.25) is 0 Å². The Hall–Kier alpha value is -2.01. The van der Waals surface area contributed by atoms with Crippen LogP contribution < -0.4 is 14.9 Å². The zero-order chi connectivity index (χ0) is 20.7. The fourth-order valence-electron chi connectivity index (χ4n) is 2.74. The molecule has 2 aromatic rings. The third-order valence-electron chi connectivity index (χ3n) is 5.18. The Morgan fingerprint density at radius 1 is 1.07 bits per heavy atom. The Morgan fingerprint density at radius 2 is 1.71 bits per heavy atom. The van der Waals surface area contributed by atoms with Crippen molar-refractivity contribution in [2.24, 2.45) is 0 Å². The van der Waals surface area contributed by atoms with Gasteiger partial charge in [0.2, 0.25) is 15.9 Å². The molecule has 0 aliphatic carbocycles. The van der Waals surface area contributed by atoms with Gasteiger partial charge in [-0.15, -0.1) is 0 Å². The Bertz CT molecular complexity index is 961. The summed E-state index contributed by atoms with van der Waals surface area (Å²) in [4.78, 5) is 8.55. The summed E-state index contributed by atoms with van der Waals surface area (Å²) in [6, 6.07) is 4.88. The van der Waals surface area contributed by atoms with Crippen LogP contribution in [-0.2, 0) is 19.3 Å². The number of hydrogen-bond donors (Lipinski definition) is 1. The molecule has 1 saturated heterocycles. The quantitative estimate of drug-likeness (QED) is 0.750. The zero-order valence-electron chi connectivity index (χ0n) is 16.8. The van der Waals surface area contributed by atoms with Gasteiger partial charge in [0, 0.05) is 29.5 Å². The molecule has 3 rings (SSSR count). The van der Waals surface area contributed by atoms with Crippen molar-refractivity contribution in [3.63, 3.8) is 0 Å². The second-order valence-electron chi connectivity index (χ2n) is 7.50. The highest BCUT2D eigenvalue weighted by Crippen LogP contribution is 2.36. The minimum atomic E-state index is -3.78. The monoisotopic (exact) mass is 405 g/mol. The van der Waals surface area contributed by atoms with Crippen LogP contribution in [0, 0.1) is 0 Å². The molecule has 150 valence electrons. The fourth-order valence-corrected chi connectivity index (χ4v) is 3.68. The molecule has 2 aromatic heterocycles. The number of nitrogens with zero attached hydrogens (tertiary/aromatic N) is 2. The van der Waals surface area contributed by atoms with E-state index in [2.05, 4.69) is 14.7 Å². The normalized spacial score (nSPS) is 18.3. The maximum atomic E-state index is 12.7. The van der Waals surface area contributed by atoms with Crippen molar-refractivity contribution in [2.45, 2.75) is 43.8 Å². The molecule has 1 N–H and O–H groups in total. The Kier molecular flexibility index (Phi) is 5.26. The summed E-state index contributed by atoms with van der Waals surface area (Å²) in [5.41, 5.74) is 0.272. The molecule has 1 aliphatic rings. The van der Waals surface area contributed by atoms with Crippen LogP contribution in [0.25, 0.3) is 11.3 Å². The zero-order valence-corrected chi connectivity index (χ0v) is 17.6. The molecule has 28 heavy (non-hydrogen) atoms. The Balaban J connectivity index is 2.08. The van der Waals surface area contributed by atoms with Crippen molar-refractivity contribution >= 4 is 22.6 Å². The summed E-state index contributed by atoms with van der Waals surface area (Å²) in [6.07, 6.45) is 3.08. The van der Waals surface area contributed by atoms with E-state index in [9.17, 15) is 8.42 Å². The fraction of sp³-hybridized carbons (Fsp3) is 0.444. The minimum absolute atomic E-state index is 0.0224. The molecule has 0 saturated carbocycles. The number of sulfonamides is 1. The third-order valence-corrected chi connectivity index (χ3v) is 6.60. The van der Waals surface area contributed by atoms with Gasteiger partial charge in [-0.2, -0.15) is 0 Å². The lowest BCUT2D eigenvalue weighted by Gasteiger charge is -2.32. The van der Waals surface area contributed by atoms with Gasteiger partial charge < -0.3 is 14.0 Å². The Morgan fingerprint density at radius 3 is 2.21 bits per heavy atom. The second kappa shape index (κ2) is 7.11. The van der Waals surface area contributed by atoms with Gasteiger partial charge in [0.15, 0.2) is 0 Å². The first-order valence-electron chi connectivity index (χ1n) is 8.80. The highest BCUT2D eigenvalue weighted by atomic mass is 32.2. The average Bonchev–Trinajstić information content (AvgIpc) is 2.88.